The highest BCUT2D eigenvalue weighted by Gasteiger charge is 2.53. The third-order valence-corrected chi connectivity index (χ3v) is 14.7. The van der Waals surface area contributed by atoms with Crippen LogP contribution in [0.25, 0.3) is 0 Å². The molecule has 22 heteroatoms. The summed E-state index contributed by atoms with van der Waals surface area (Å²) in [6.45, 7) is 19.0. The van der Waals surface area contributed by atoms with Gasteiger partial charge < -0.3 is 98.1 Å². The smallest absolute Gasteiger partial charge is 0.308 e. The van der Waals surface area contributed by atoms with E-state index in [-0.39, 0.29) is 42.6 Å². The van der Waals surface area contributed by atoms with Gasteiger partial charge in [-0.05, 0) is 52.4 Å². The van der Waals surface area contributed by atoms with E-state index in [0.29, 0.717) is 12.8 Å². The van der Waals surface area contributed by atoms with Crippen molar-refractivity contribution in [3.63, 3.8) is 0 Å². The molecule has 0 aromatic carbocycles. The normalized spacial score (nSPS) is 40.6. The summed E-state index contributed by atoms with van der Waals surface area (Å²) < 4.78 is 65.2. The van der Waals surface area contributed by atoms with Crippen LogP contribution in [0.15, 0.2) is 0 Å². The maximum Gasteiger partial charge on any atom is 0.308 e. The standard InChI is InChI=1S/C48H86O22/c1-13-20(3)31(65-34(53)17-30(52)16-32(21(4)14-2)66-48-43(37(56)33(19-49)67-48)70-46-39(58)38(57)36(55)26(9)62-46)15-29(51)18-35(54)68-42-28(11)64-47(60-12)44(40(42)59)69-45-23(6)22(5)41(27(10)63-45)61-25(8)24(7)50/h20-33,36-52,55-59H,13-19H2,1-12H3/t20-,21-,22-,23+,24+,25+,26-,27-,28+,29-,30-,31-,32-,33-,36+,37-,38+,39+,40-,41+,42-,43+,44+,45-,46-,47+,48+/m0/s1. The quantitative estimate of drug-likeness (QED) is 0.0551. The Hall–Kier alpha value is -1.78. The summed E-state index contributed by atoms with van der Waals surface area (Å²) in [4.78, 5) is 26.8. The van der Waals surface area contributed by atoms with Crippen molar-refractivity contribution >= 4 is 11.9 Å². The molecule has 22 nitrogen and oxygen atoms in total. The Kier molecular flexibility index (Phi) is 24.0. The summed E-state index contributed by atoms with van der Waals surface area (Å²) in [6, 6.07) is 0. The number of aliphatic hydroxyl groups excluding tert-OH is 9. The number of ether oxygens (including phenoxy) is 11. The van der Waals surface area contributed by atoms with Crippen molar-refractivity contribution in [2.45, 2.75) is 256 Å². The van der Waals surface area contributed by atoms with Crippen LogP contribution >= 0.6 is 0 Å². The lowest BCUT2D eigenvalue weighted by atomic mass is 9.84. The van der Waals surface area contributed by atoms with Crippen LogP contribution in [0.1, 0.15) is 115 Å². The summed E-state index contributed by atoms with van der Waals surface area (Å²) in [5.74, 6) is -2.49. The van der Waals surface area contributed by atoms with Crippen LogP contribution < -0.4 is 0 Å². The molecular formula is C48H86O22. The van der Waals surface area contributed by atoms with Crippen molar-refractivity contribution in [1.29, 1.82) is 0 Å². The molecule has 0 aromatic heterocycles. The molecule has 0 radical (unpaired) electrons. The van der Waals surface area contributed by atoms with E-state index < -0.39 is 166 Å². The number of esters is 2. The number of rotatable bonds is 25. The SMILES string of the molecule is CC[C@H](C)[C@H](C[C@H](O)CC(=O)O[C@@H]1[C@H](O)[C@@H](O[C@@H]2O[C@@H](C)[C@H](O[C@H](C)[C@@H](C)O)[C@@H](C)[C@H]2C)[C@H](OC)O[C@@H]1C)OC(=O)C[C@@H](O)C[C@H](O[C@@H]1O[C@@H](CO)[C@H](O)[C@H]1O[C@@H]1O[C@@H](C)[C@@H](O)[C@@H](O)[C@H]1O)[C@@H](C)CC. The minimum atomic E-state index is -1.70. The summed E-state index contributed by atoms with van der Waals surface area (Å²) in [5.41, 5.74) is 0. The van der Waals surface area contributed by atoms with Crippen molar-refractivity contribution in [1.82, 2.24) is 0 Å². The van der Waals surface area contributed by atoms with Crippen molar-refractivity contribution < 1.29 is 108 Å². The predicted octanol–water partition coefficient (Wildman–Crippen LogP) is 0.169. The number of hydrogen-bond acceptors (Lipinski definition) is 22. The van der Waals surface area contributed by atoms with Crippen molar-refractivity contribution in [2.24, 2.45) is 23.7 Å². The highest BCUT2D eigenvalue weighted by Crippen LogP contribution is 2.38. The predicted molar refractivity (Wildman–Crippen MR) is 244 cm³/mol. The summed E-state index contributed by atoms with van der Waals surface area (Å²) in [5, 5.41) is 95.9. The Morgan fingerprint density at radius 2 is 1.09 bits per heavy atom. The third-order valence-electron chi connectivity index (χ3n) is 14.7. The van der Waals surface area contributed by atoms with Crippen LogP contribution in [0.5, 0.6) is 0 Å². The van der Waals surface area contributed by atoms with E-state index in [4.69, 9.17) is 52.1 Å². The van der Waals surface area contributed by atoms with Gasteiger partial charge in [-0.1, -0.05) is 54.4 Å². The highest BCUT2D eigenvalue weighted by molar-refractivity contribution is 5.71. The molecule has 9 N–H and O–H groups in total. The molecule has 27 atom stereocenters. The van der Waals surface area contributed by atoms with Gasteiger partial charge in [-0.2, -0.15) is 0 Å². The first-order chi connectivity index (χ1) is 32.9. The molecule has 4 aliphatic heterocycles. The van der Waals surface area contributed by atoms with E-state index in [2.05, 4.69) is 0 Å². The van der Waals surface area contributed by atoms with E-state index in [1.54, 1.807) is 20.8 Å². The molecule has 410 valence electrons. The highest BCUT2D eigenvalue weighted by atomic mass is 16.8. The second-order valence-electron chi connectivity index (χ2n) is 20.1. The third kappa shape index (κ3) is 15.6. The van der Waals surface area contributed by atoms with Gasteiger partial charge in [0.05, 0.1) is 74.4 Å². The molecule has 0 saturated carbocycles. The van der Waals surface area contributed by atoms with Crippen molar-refractivity contribution in [3.05, 3.63) is 0 Å². The lowest BCUT2D eigenvalue weighted by Gasteiger charge is -2.48. The van der Waals surface area contributed by atoms with Gasteiger partial charge in [0.2, 0.25) is 0 Å². The van der Waals surface area contributed by atoms with Gasteiger partial charge in [0, 0.05) is 25.9 Å². The van der Waals surface area contributed by atoms with Crippen molar-refractivity contribution in [3.8, 4) is 0 Å². The molecular weight excluding hydrogens is 929 g/mol. The number of hydrogen-bond donors (Lipinski definition) is 9. The van der Waals surface area contributed by atoms with E-state index >= 15 is 0 Å². The first-order valence-electron chi connectivity index (χ1n) is 25.1. The van der Waals surface area contributed by atoms with Crippen molar-refractivity contribution in [2.75, 3.05) is 13.7 Å². The lowest BCUT2D eigenvalue weighted by molar-refractivity contribution is -0.351. The van der Waals surface area contributed by atoms with Gasteiger partial charge >= 0.3 is 11.9 Å². The topological polar surface area (TPSA) is 318 Å². The number of carbonyl (C=O) groups is 2. The number of methoxy groups -OCH3 is 1. The molecule has 4 heterocycles. The minimum absolute atomic E-state index is 0.0810. The maximum atomic E-state index is 13.4. The average molecular weight is 1020 g/mol. The Bertz CT molecular complexity index is 1560. The van der Waals surface area contributed by atoms with E-state index in [1.807, 2.05) is 48.5 Å². The van der Waals surface area contributed by atoms with Gasteiger partial charge in [0.15, 0.2) is 31.3 Å². The van der Waals surface area contributed by atoms with Crippen LogP contribution in [0.4, 0.5) is 0 Å². The van der Waals surface area contributed by atoms with Gasteiger partial charge in [-0.25, -0.2) is 0 Å². The molecule has 0 unspecified atom stereocenters. The van der Waals surface area contributed by atoms with Gasteiger partial charge in [0.1, 0.15) is 54.9 Å². The van der Waals surface area contributed by atoms with Crippen LogP contribution in [-0.4, -0.2) is 213 Å². The fraction of sp³-hybridized carbons (Fsp3) is 0.958. The second kappa shape index (κ2) is 27.7. The Morgan fingerprint density at radius 3 is 1.67 bits per heavy atom. The summed E-state index contributed by atoms with van der Waals surface area (Å²) >= 11 is 0. The molecule has 4 fully saturated rings. The fourth-order valence-electron chi connectivity index (χ4n) is 9.20. The first kappa shape index (κ1) is 60.8. The average Bonchev–Trinajstić information content (AvgIpc) is 3.60. The number of carbonyl (C=O) groups excluding carboxylic acids is 2. The Morgan fingerprint density at radius 1 is 0.557 bits per heavy atom. The van der Waals surface area contributed by atoms with E-state index in [1.165, 1.54) is 14.0 Å². The van der Waals surface area contributed by atoms with E-state index in [0.717, 1.165) is 0 Å². The molecule has 0 aliphatic carbocycles. The van der Waals surface area contributed by atoms with Crippen LogP contribution in [0, 0.1) is 23.7 Å². The largest absolute Gasteiger partial charge is 0.462 e. The van der Waals surface area contributed by atoms with E-state index in [9.17, 15) is 55.5 Å². The lowest BCUT2D eigenvalue weighted by Crippen LogP contribution is -2.61. The zero-order valence-electron chi connectivity index (χ0n) is 42.9. The zero-order valence-corrected chi connectivity index (χ0v) is 42.9. The molecule has 4 saturated heterocycles. The molecule has 0 spiro atoms. The fourth-order valence-corrected chi connectivity index (χ4v) is 9.20. The maximum absolute atomic E-state index is 13.4. The monoisotopic (exact) mass is 1010 g/mol. The first-order valence-corrected chi connectivity index (χ1v) is 25.1. The van der Waals surface area contributed by atoms with Crippen LogP contribution in [0.3, 0.4) is 0 Å². The summed E-state index contributed by atoms with van der Waals surface area (Å²) in [7, 11) is 1.39. The molecule has 0 bridgehead atoms. The molecule has 70 heavy (non-hydrogen) atoms. The zero-order chi connectivity index (χ0) is 52.5. The van der Waals surface area contributed by atoms with Gasteiger partial charge in [-0.3, -0.25) is 9.59 Å². The molecule has 4 rings (SSSR count). The Balaban J connectivity index is 1.34. The second-order valence-corrected chi connectivity index (χ2v) is 20.1. The minimum Gasteiger partial charge on any atom is -0.462 e. The number of aliphatic hydroxyl groups is 9. The molecule has 0 aromatic rings. The van der Waals surface area contributed by atoms with Gasteiger partial charge in [0.25, 0.3) is 0 Å². The molecule has 4 aliphatic rings. The van der Waals surface area contributed by atoms with Crippen LogP contribution in [-0.2, 0) is 61.7 Å². The van der Waals surface area contributed by atoms with Gasteiger partial charge in [-0.15, -0.1) is 0 Å². The summed E-state index contributed by atoms with van der Waals surface area (Å²) in [6.07, 6.45) is -25.4. The molecule has 0 amide bonds. The van der Waals surface area contributed by atoms with Crippen LogP contribution in [0.2, 0.25) is 0 Å². The Labute approximate surface area is 412 Å².